The molecule has 0 spiro atoms. The number of anilines is 1. The molecular weight excluding hydrogens is 466 g/mol. The molecule has 0 unspecified atom stereocenters. The number of carbonyl (C=O) groups excluding carboxylic acids is 1. The number of rotatable bonds is 5. The number of ether oxygens (including phenoxy) is 2. The number of carbonyl (C=O) groups is 1. The molecule has 2 aliphatic heterocycles. The number of nitrogens with zero attached hydrogens (tertiary/aromatic N) is 4. The highest BCUT2D eigenvalue weighted by molar-refractivity contribution is 5.68. The molecule has 1 saturated heterocycles. The maximum Gasteiger partial charge on any atom is 0.410 e. The van der Waals surface area contributed by atoms with Gasteiger partial charge in [-0.25, -0.2) is 18.6 Å². The van der Waals surface area contributed by atoms with Crippen LogP contribution in [0.5, 0.6) is 11.6 Å². The Kier molecular flexibility index (Phi) is 6.97. The van der Waals surface area contributed by atoms with Gasteiger partial charge in [0, 0.05) is 32.1 Å². The van der Waals surface area contributed by atoms with E-state index in [-0.39, 0.29) is 24.8 Å². The quantitative estimate of drug-likeness (QED) is 0.468. The van der Waals surface area contributed by atoms with Gasteiger partial charge in [0.05, 0.1) is 17.8 Å². The molecule has 0 radical (unpaired) electrons. The summed E-state index contributed by atoms with van der Waals surface area (Å²) in [4.78, 5) is 26.0. The highest BCUT2D eigenvalue weighted by Gasteiger charge is 2.29. The molecule has 0 N–H and O–H groups in total. The number of amides is 1. The van der Waals surface area contributed by atoms with E-state index in [0.717, 1.165) is 49.3 Å². The summed E-state index contributed by atoms with van der Waals surface area (Å²) < 4.78 is 38.8. The fraction of sp³-hybridized carbons (Fsp3) is 0.370. The van der Waals surface area contributed by atoms with Crippen molar-refractivity contribution in [2.75, 3.05) is 24.5 Å². The molecule has 9 heteroatoms. The first-order valence-corrected chi connectivity index (χ1v) is 12.2. The number of aromatic nitrogens is 2. The van der Waals surface area contributed by atoms with Gasteiger partial charge in [0.25, 0.3) is 0 Å². The van der Waals surface area contributed by atoms with Gasteiger partial charge in [0.1, 0.15) is 12.4 Å². The summed E-state index contributed by atoms with van der Waals surface area (Å²) in [6, 6.07) is 12.8. The topological polar surface area (TPSA) is 67.8 Å². The minimum atomic E-state index is -1.01. The molecule has 3 aromatic rings. The van der Waals surface area contributed by atoms with E-state index in [9.17, 15) is 13.6 Å². The minimum absolute atomic E-state index is 0.122. The third-order valence-electron chi connectivity index (χ3n) is 6.65. The number of halogens is 2. The van der Waals surface area contributed by atoms with Crippen molar-refractivity contribution < 1.29 is 23.0 Å². The van der Waals surface area contributed by atoms with E-state index in [2.05, 4.69) is 16.8 Å². The Bertz CT molecular complexity index is 1230. The van der Waals surface area contributed by atoms with Gasteiger partial charge in [-0.15, -0.1) is 0 Å². The molecule has 1 fully saturated rings. The van der Waals surface area contributed by atoms with Crippen LogP contribution in [0.4, 0.5) is 19.5 Å². The van der Waals surface area contributed by atoms with Crippen LogP contribution in [0, 0.1) is 17.6 Å². The number of piperidine rings is 1. The first-order valence-electron chi connectivity index (χ1n) is 12.2. The molecule has 1 aromatic heterocycles. The molecule has 1 amide bonds. The summed E-state index contributed by atoms with van der Waals surface area (Å²) in [6.07, 6.45) is 2.14. The third-order valence-corrected chi connectivity index (χ3v) is 6.65. The zero-order valence-electron chi connectivity index (χ0n) is 20.1. The van der Waals surface area contributed by atoms with Crippen molar-refractivity contribution in [2.24, 2.45) is 5.92 Å². The smallest absolute Gasteiger partial charge is 0.410 e. The molecule has 5 rings (SSSR count). The van der Waals surface area contributed by atoms with E-state index in [1.807, 2.05) is 30.3 Å². The zero-order valence-corrected chi connectivity index (χ0v) is 20.1. The Hall–Kier alpha value is -3.75. The summed E-state index contributed by atoms with van der Waals surface area (Å²) in [5.74, 6) is -0.406. The summed E-state index contributed by atoms with van der Waals surface area (Å²) in [5.41, 5.74) is 2.31. The second-order valence-corrected chi connectivity index (χ2v) is 9.31. The predicted octanol–water partition coefficient (Wildman–Crippen LogP) is 5.48. The monoisotopic (exact) mass is 494 g/mol. The van der Waals surface area contributed by atoms with E-state index in [0.29, 0.717) is 30.4 Å². The lowest BCUT2D eigenvalue weighted by molar-refractivity contribution is 0.0912. The third kappa shape index (κ3) is 5.40. The van der Waals surface area contributed by atoms with E-state index >= 15 is 0 Å². The van der Waals surface area contributed by atoms with E-state index < -0.39 is 17.7 Å². The average Bonchev–Trinajstić information content (AvgIpc) is 2.90. The Labute approximate surface area is 208 Å². The molecule has 2 aromatic carbocycles. The van der Waals surface area contributed by atoms with Gasteiger partial charge < -0.3 is 19.3 Å². The van der Waals surface area contributed by atoms with Gasteiger partial charge in [-0.05, 0) is 36.5 Å². The van der Waals surface area contributed by atoms with Gasteiger partial charge in [-0.3, -0.25) is 0 Å². The van der Waals surface area contributed by atoms with Crippen molar-refractivity contribution in [3.05, 3.63) is 77.0 Å². The van der Waals surface area contributed by atoms with Crippen molar-refractivity contribution in [3.63, 3.8) is 0 Å². The molecule has 0 saturated carbocycles. The number of fused-ring (bicyclic) bond motifs is 1. The highest BCUT2D eigenvalue weighted by Crippen LogP contribution is 2.33. The van der Waals surface area contributed by atoms with Crippen molar-refractivity contribution in [2.45, 2.75) is 39.3 Å². The van der Waals surface area contributed by atoms with Crippen molar-refractivity contribution in [3.8, 4) is 11.6 Å². The van der Waals surface area contributed by atoms with Crippen LogP contribution in [0.3, 0.4) is 0 Å². The molecule has 7 nitrogen and oxygen atoms in total. The largest absolute Gasteiger partial charge is 0.445 e. The normalized spacial score (nSPS) is 16.0. The number of hydrogen-bond acceptors (Lipinski definition) is 6. The maximum atomic E-state index is 13.9. The molecule has 36 heavy (non-hydrogen) atoms. The average molecular weight is 495 g/mol. The number of hydrogen-bond donors (Lipinski definition) is 0. The van der Waals surface area contributed by atoms with Gasteiger partial charge in [-0.2, -0.15) is 4.98 Å². The van der Waals surface area contributed by atoms with Crippen molar-refractivity contribution in [1.82, 2.24) is 14.9 Å². The van der Waals surface area contributed by atoms with Crippen LogP contribution in [-0.4, -0.2) is 40.6 Å². The lowest BCUT2D eigenvalue weighted by Crippen LogP contribution is -2.38. The molecule has 0 atom stereocenters. The first kappa shape index (κ1) is 24.0. The molecular formula is C27H28F2N4O3. The highest BCUT2D eigenvalue weighted by atomic mass is 19.2. The van der Waals surface area contributed by atoms with Crippen LogP contribution < -0.4 is 9.64 Å². The summed E-state index contributed by atoms with van der Waals surface area (Å²) in [6.45, 7) is 4.71. The Morgan fingerprint density at radius 1 is 1.03 bits per heavy atom. The van der Waals surface area contributed by atoms with E-state index in [1.54, 1.807) is 4.90 Å². The second-order valence-electron chi connectivity index (χ2n) is 9.31. The van der Waals surface area contributed by atoms with Crippen LogP contribution in [-0.2, 0) is 24.3 Å². The maximum absolute atomic E-state index is 13.9. The Morgan fingerprint density at radius 2 is 1.81 bits per heavy atom. The Morgan fingerprint density at radius 3 is 2.56 bits per heavy atom. The van der Waals surface area contributed by atoms with Crippen LogP contribution in [0.2, 0.25) is 0 Å². The predicted molar refractivity (Wildman–Crippen MR) is 130 cm³/mol. The lowest BCUT2D eigenvalue weighted by atomic mass is 9.99. The molecule has 188 valence electrons. The van der Waals surface area contributed by atoms with Gasteiger partial charge in [-0.1, -0.05) is 37.3 Å². The summed E-state index contributed by atoms with van der Waals surface area (Å²) in [5, 5.41) is 0. The molecule has 3 heterocycles. The van der Waals surface area contributed by atoms with Crippen molar-refractivity contribution >= 4 is 12.0 Å². The second kappa shape index (κ2) is 10.5. The fourth-order valence-electron chi connectivity index (χ4n) is 4.42. The van der Waals surface area contributed by atoms with Crippen LogP contribution >= 0.6 is 0 Å². The number of benzene rings is 2. The van der Waals surface area contributed by atoms with Crippen molar-refractivity contribution in [1.29, 1.82) is 0 Å². The van der Waals surface area contributed by atoms with E-state index in [4.69, 9.17) is 14.5 Å². The van der Waals surface area contributed by atoms with Crippen LogP contribution in [0.15, 0.2) is 48.5 Å². The standard InChI is InChI=1S/C27H28F2N4O3/c1-18-9-12-32(13-10-18)26-30-24-11-14-33(27(34)35-17-19-5-3-2-4-6-19)16-21(24)25(31-26)36-20-7-8-22(28)23(29)15-20/h2-8,15,18H,9-14,16-17H2,1H3. The van der Waals surface area contributed by atoms with Crippen LogP contribution in [0.1, 0.15) is 36.6 Å². The fourth-order valence-corrected chi connectivity index (χ4v) is 4.42. The zero-order chi connectivity index (χ0) is 25.1. The summed E-state index contributed by atoms with van der Waals surface area (Å²) >= 11 is 0. The van der Waals surface area contributed by atoms with Crippen LogP contribution in [0.25, 0.3) is 0 Å². The first-order chi connectivity index (χ1) is 17.5. The lowest BCUT2D eigenvalue weighted by Gasteiger charge is -2.33. The molecule has 0 bridgehead atoms. The van der Waals surface area contributed by atoms with E-state index in [1.165, 1.54) is 6.07 Å². The Balaban J connectivity index is 1.39. The van der Waals surface area contributed by atoms with Gasteiger partial charge >= 0.3 is 6.09 Å². The van der Waals surface area contributed by atoms with Gasteiger partial charge in [0.15, 0.2) is 11.6 Å². The summed E-state index contributed by atoms with van der Waals surface area (Å²) in [7, 11) is 0. The SMILES string of the molecule is CC1CCN(c2nc3c(c(Oc4ccc(F)c(F)c4)n2)CN(C(=O)OCc2ccccc2)CC3)CC1. The van der Waals surface area contributed by atoms with Gasteiger partial charge in [0.2, 0.25) is 11.8 Å². The molecule has 2 aliphatic rings. The minimum Gasteiger partial charge on any atom is -0.445 e. The molecule has 0 aliphatic carbocycles.